The van der Waals surface area contributed by atoms with Crippen molar-refractivity contribution in [2.75, 3.05) is 0 Å². The Balaban J connectivity index is 1.93. The Morgan fingerprint density at radius 2 is 1.80 bits per heavy atom. The van der Waals surface area contributed by atoms with Gasteiger partial charge in [0.1, 0.15) is 0 Å². The third-order valence-corrected chi connectivity index (χ3v) is 4.90. The number of carbonyl (C=O) groups excluding carboxylic acids is 2. The SMILES string of the molecule is O=C1CCC(CC2CCCC2)(c2ccccc2)C(=O)N1. The van der Waals surface area contributed by atoms with Gasteiger partial charge in [-0.2, -0.15) is 0 Å². The first-order chi connectivity index (χ1) is 9.71. The summed E-state index contributed by atoms with van der Waals surface area (Å²) < 4.78 is 0. The number of piperidine rings is 1. The Hall–Kier alpha value is -1.64. The Labute approximate surface area is 119 Å². The molecular weight excluding hydrogens is 250 g/mol. The number of imide groups is 1. The maximum absolute atomic E-state index is 12.6. The van der Waals surface area contributed by atoms with Crippen molar-refractivity contribution in [1.29, 1.82) is 0 Å². The van der Waals surface area contributed by atoms with Crippen molar-refractivity contribution in [2.45, 2.75) is 50.4 Å². The van der Waals surface area contributed by atoms with E-state index in [1.165, 1.54) is 25.7 Å². The van der Waals surface area contributed by atoms with Gasteiger partial charge in [-0.05, 0) is 24.3 Å². The summed E-state index contributed by atoms with van der Waals surface area (Å²) in [5, 5.41) is 2.56. The van der Waals surface area contributed by atoms with Gasteiger partial charge in [0.05, 0.1) is 5.41 Å². The van der Waals surface area contributed by atoms with Gasteiger partial charge >= 0.3 is 0 Å². The molecule has 1 atom stereocenters. The van der Waals surface area contributed by atoms with Crippen molar-refractivity contribution in [3.05, 3.63) is 35.9 Å². The second kappa shape index (κ2) is 5.39. The smallest absolute Gasteiger partial charge is 0.237 e. The highest BCUT2D eigenvalue weighted by Crippen LogP contribution is 2.42. The zero-order valence-electron chi connectivity index (χ0n) is 11.7. The van der Waals surface area contributed by atoms with Gasteiger partial charge in [0.15, 0.2) is 0 Å². The molecule has 1 aliphatic carbocycles. The minimum absolute atomic E-state index is 0.0909. The second-order valence-electron chi connectivity index (χ2n) is 6.18. The van der Waals surface area contributed by atoms with Gasteiger partial charge in [-0.25, -0.2) is 0 Å². The Bertz CT molecular complexity index is 505. The minimum atomic E-state index is -0.496. The Morgan fingerprint density at radius 1 is 1.10 bits per heavy atom. The van der Waals surface area contributed by atoms with Crippen LogP contribution in [-0.4, -0.2) is 11.8 Å². The van der Waals surface area contributed by atoms with Gasteiger partial charge < -0.3 is 0 Å². The van der Waals surface area contributed by atoms with E-state index in [0.29, 0.717) is 18.8 Å². The molecule has 1 aliphatic heterocycles. The standard InChI is InChI=1S/C17H21NO2/c19-15-10-11-17(16(20)18-15,12-13-6-4-5-7-13)14-8-2-1-3-9-14/h1-3,8-9,13H,4-7,10-12H2,(H,18,19,20). The average molecular weight is 271 g/mol. The predicted octanol–water partition coefficient (Wildman–Crippen LogP) is 2.94. The van der Waals surface area contributed by atoms with Crippen molar-refractivity contribution in [1.82, 2.24) is 5.32 Å². The molecule has 1 aromatic carbocycles. The van der Waals surface area contributed by atoms with E-state index in [1.807, 2.05) is 30.3 Å². The van der Waals surface area contributed by atoms with Gasteiger partial charge in [-0.1, -0.05) is 56.0 Å². The first-order valence-corrected chi connectivity index (χ1v) is 7.60. The van der Waals surface area contributed by atoms with Gasteiger partial charge in [0, 0.05) is 6.42 Å². The summed E-state index contributed by atoms with van der Waals surface area (Å²) >= 11 is 0. The molecule has 0 bridgehead atoms. The normalized spacial score (nSPS) is 27.6. The maximum Gasteiger partial charge on any atom is 0.237 e. The summed E-state index contributed by atoms with van der Waals surface area (Å²) in [4.78, 5) is 24.1. The quantitative estimate of drug-likeness (QED) is 0.859. The van der Waals surface area contributed by atoms with Crippen LogP contribution < -0.4 is 5.32 Å². The predicted molar refractivity (Wildman–Crippen MR) is 77.1 cm³/mol. The van der Waals surface area contributed by atoms with Crippen LogP contribution in [0.25, 0.3) is 0 Å². The molecule has 3 rings (SSSR count). The van der Waals surface area contributed by atoms with Crippen LogP contribution in [0.1, 0.15) is 50.5 Å². The molecule has 2 fully saturated rings. The number of amides is 2. The first kappa shape index (κ1) is 13.3. The van der Waals surface area contributed by atoms with Crippen molar-refractivity contribution < 1.29 is 9.59 Å². The molecule has 1 saturated carbocycles. The molecule has 2 aliphatic rings. The maximum atomic E-state index is 12.6. The van der Waals surface area contributed by atoms with Crippen LogP contribution in [0.3, 0.4) is 0 Å². The lowest BCUT2D eigenvalue weighted by atomic mass is 9.68. The summed E-state index contributed by atoms with van der Waals surface area (Å²) in [6.07, 6.45) is 6.97. The van der Waals surface area contributed by atoms with Gasteiger partial charge in [-0.3, -0.25) is 14.9 Å². The molecule has 1 unspecified atom stereocenters. The number of benzene rings is 1. The highest BCUT2D eigenvalue weighted by molar-refractivity contribution is 6.03. The molecule has 106 valence electrons. The summed E-state index contributed by atoms with van der Waals surface area (Å²) in [6.45, 7) is 0. The molecule has 3 heteroatoms. The molecule has 2 amide bonds. The van der Waals surface area contributed by atoms with E-state index in [1.54, 1.807) is 0 Å². The first-order valence-electron chi connectivity index (χ1n) is 7.60. The zero-order valence-corrected chi connectivity index (χ0v) is 11.7. The van der Waals surface area contributed by atoms with E-state index in [4.69, 9.17) is 0 Å². The molecule has 0 aromatic heterocycles. The van der Waals surface area contributed by atoms with Crippen molar-refractivity contribution in [2.24, 2.45) is 5.92 Å². The van der Waals surface area contributed by atoms with E-state index >= 15 is 0 Å². The van der Waals surface area contributed by atoms with E-state index in [-0.39, 0.29) is 11.8 Å². The highest BCUT2D eigenvalue weighted by atomic mass is 16.2. The lowest BCUT2D eigenvalue weighted by molar-refractivity contribution is -0.138. The lowest BCUT2D eigenvalue weighted by Crippen LogP contribution is -2.52. The molecule has 20 heavy (non-hydrogen) atoms. The van der Waals surface area contributed by atoms with Crippen LogP contribution in [0.4, 0.5) is 0 Å². The highest BCUT2D eigenvalue weighted by Gasteiger charge is 2.45. The summed E-state index contributed by atoms with van der Waals surface area (Å²) in [6, 6.07) is 10.00. The number of rotatable bonds is 3. The molecule has 1 N–H and O–H groups in total. The van der Waals surface area contributed by atoms with Crippen molar-refractivity contribution in [3.8, 4) is 0 Å². The van der Waals surface area contributed by atoms with E-state index in [0.717, 1.165) is 12.0 Å². The summed E-state index contributed by atoms with van der Waals surface area (Å²) in [5.41, 5.74) is 0.571. The fourth-order valence-electron chi connectivity index (χ4n) is 3.80. The monoisotopic (exact) mass is 271 g/mol. The largest absolute Gasteiger partial charge is 0.296 e. The average Bonchev–Trinajstić information content (AvgIpc) is 2.96. The molecule has 1 heterocycles. The molecular formula is C17H21NO2. The van der Waals surface area contributed by atoms with E-state index in [2.05, 4.69) is 5.32 Å². The van der Waals surface area contributed by atoms with Crippen LogP contribution in [0, 0.1) is 5.92 Å². The summed E-state index contributed by atoms with van der Waals surface area (Å²) in [7, 11) is 0. The second-order valence-corrected chi connectivity index (χ2v) is 6.18. The van der Waals surface area contributed by atoms with Crippen molar-refractivity contribution >= 4 is 11.8 Å². The third kappa shape index (κ3) is 2.37. The number of hydrogen-bond donors (Lipinski definition) is 1. The van der Waals surface area contributed by atoms with Crippen LogP contribution in [0.15, 0.2) is 30.3 Å². The van der Waals surface area contributed by atoms with Crippen molar-refractivity contribution in [3.63, 3.8) is 0 Å². The molecule has 0 spiro atoms. The molecule has 0 radical (unpaired) electrons. The van der Waals surface area contributed by atoms with Crippen LogP contribution in [-0.2, 0) is 15.0 Å². The van der Waals surface area contributed by atoms with Crippen LogP contribution >= 0.6 is 0 Å². The summed E-state index contributed by atoms with van der Waals surface area (Å²) in [5.74, 6) is 0.397. The molecule has 3 nitrogen and oxygen atoms in total. The van der Waals surface area contributed by atoms with Gasteiger partial charge in [-0.15, -0.1) is 0 Å². The lowest BCUT2D eigenvalue weighted by Gasteiger charge is -2.37. The van der Waals surface area contributed by atoms with Gasteiger partial charge in [0.25, 0.3) is 0 Å². The molecule has 1 aromatic rings. The van der Waals surface area contributed by atoms with E-state index in [9.17, 15) is 9.59 Å². The Morgan fingerprint density at radius 3 is 2.45 bits per heavy atom. The van der Waals surface area contributed by atoms with Crippen LogP contribution in [0.2, 0.25) is 0 Å². The Kier molecular flexibility index (Phi) is 3.60. The topological polar surface area (TPSA) is 46.2 Å². The van der Waals surface area contributed by atoms with Gasteiger partial charge in [0.2, 0.25) is 11.8 Å². The molecule has 1 saturated heterocycles. The number of hydrogen-bond acceptors (Lipinski definition) is 2. The fraction of sp³-hybridized carbons (Fsp3) is 0.529. The fourth-order valence-corrected chi connectivity index (χ4v) is 3.80. The zero-order chi connectivity index (χ0) is 14.0. The van der Waals surface area contributed by atoms with E-state index < -0.39 is 5.41 Å². The number of carbonyl (C=O) groups is 2. The number of nitrogens with one attached hydrogen (secondary N) is 1. The minimum Gasteiger partial charge on any atom is -0.296 e. The third-order valence-electron chi connectivity index (χ3n) is 4.90. The van der Waals surface area contributed by atoms with Crippen LogP contribution in [0.5, 0.6) is 0 Å².